The quantitative estimate of drug-likeness (QED) is 0.835. The number of esters is 1. The van der Waals surface area contributed by atoms with Crippen LogP contribution >= 0.6 is 23.2 Å². The van der Waals surface area contributed by atoms with Crippen LogP contribution in [0.5, 0.6) is 0 Å². The van der Waals surface area contributed by atoms with Gasteiger partial charge in [0.2, 0.25) is 0 Å². The molecule has 1 N–H and O–H groups in total. The Morgan fingerprint density at radius 1 is 1.36 bits per heavy atom. The summed E-state index contributed by atoms with van der Waals surface area (Å²) >= 11 is 11.6. The molecule has 1 amide bonds. The molecule has 1 aliphatic carbocycles. The first-order valence-corrected chi connectivity index (χ1v) is 7.45. The number of amides is 1. The van der Waals surface area contributed by atoms with Gasteiger partial charge in [-0.25, -0.2) is 4.79 Å². The molecule has 0 heterocycles. The van der Waals surface area contributed by atoms with Crippen LogP contribution < -0.4 is 5.32 Å². The summed E-state index contributed by atoms with van der Waals surface area (Å²) in [6.07, 6.45) is 1.82. The largest absolute Gasteiger partial charge is 0.452 e. The molecule has 22 heavy (non-hydrogen) atoms. The number of hydrogen-bond acceptors (Lipinski definition) is 4. The zero-order chi connectivity index (χ0) is 16.3. The fourth-order valence-electron chi connectivity index (χ4n) is 2.09. The minimum Gasteiger partial charge on any atom is -0.452 e. The van der Waals surface area contributed by atoms with Crippen LogP contribution in [0.15, 0.2) is 18.2 Å². The Labute approximate surface area is 138 Å². The second-order valence-electron chi connectivity index (χ2n) is 5.37. The molecule has 0 aromatic heterocycles. The highest BCUT2D eigenvalue weighted by Crippen LogP contribution is 2.39. The lowest BCUT2D eigenvalue weighted by atomic mass is 9.98. The molecule has 1 aromatic rings. The van der Waals surface area contributed by atoms with Crippen LogP contribution in [0.1, 0.15) is 30.1 Å². The maximum Gasteiger partial charge on any atom is 0.338 e. The molecule has 7 heteroatoms. The third-order valence-electron chi connectivity index (χ3n) is 3.46. The van der Waals surface area contributed by atoms with Crippen molar-refractivity contribution in [3.05, 3.63) is 33.8 Å². The molecule has 1 aromatic carbocycles. The molecule has 5 nitrogen and oxygen atoms in total. The maximum absolute atomic E-state index is 11.9. The Hall–Kier alpha value is -1.77. The predicted molar refractivity (Wildman–Crippen MR) is 81.6 cm³/mol. The normalized spacial score (nSPS) is 16.3. The summed E-state index contributed by atoms with van der Waals surface area (Å²) in [5.74, 6) is -1.06. The van der Waals surface area contributed by atoms with Gasteiger partial charge in [-0.05, 0) is 43.9 Å². The molecule has 2 rings (SSSR count). The van der Waals surface area contributed by atoms with Crippen LogP contribution in [0, 0.1) is 17.2 Å². The van der Waals surface area contributed by atoms with Gasteiger partial charge in [-0.3, -0.25) is 4.79 Å². The minimum absolute atomic E-state index is 0.156. The number of carbonyl (C=O) groups excluding carboxylic acids is 2. The number of ether oxygens (including phenoxy) is 1. The van der Waals surface area contributed by atoms with Crippen molar-refractivity contribution in [2.75, 3.05) is 6.61 Å². The molecular weight excluding hydrogens is 327 g/mol. The average Bonchev–Trinajstić information content (AvgIpc) is 3.28. The first-order valence-electron chi connectivity index (χ1n) is 6.69. The van der Waals surface area contributed by atoms with Gasteiger partial charge in [-0.1, -0.05) is 23.2 Å². The van der Waals surface area contributed by atoms with Crippen molar-refractivity contribution < 1.29 is 14.3 Å². The van der Waals surface area contributed by atoms with Crippen molar-refractivity contribution in [1.29, 1.82) is 5.26 Å². The topological polar surface area (TPSA) is 79.2 Å². The number of carbonyl (C=O) groups is 2. The highest BCUT2D eigenvalue weighted by Gasteiger charge is 2.43. The number of benzene rings is 1. The first kappa shape index (κ1) is 16.6. The number of nitrogens with zero attached hydrogens (tertiary/aromatic N) is 1. The molecule has 1 aliphatic rings. The molecule has 0 bridgehead atoms. The van der Waals surface area contributed by atoms with E-state index >= 15 is 0 Å². The van der Waals surface area contributed by atoms with E-state index in [9.17, 15) is 9.59 Å². The van der Waals surface area contributed by atoms with Gasteiger partial charge < -0.3 is 10.1 Å². The zero-order valence-corrected chi connectivity index (χ0v) is 13.4. The molecule has 0 radical (unpaired) electrons. The van der Waals surface area contributed by atoms with Crippen LogP contribution in [0.4, 0.5) is 0 Å². The summed E-state index contributed by atoms with van der Waals surface area (Å²) in [4.78, 5) is 23.7. The molecule has 1 fully saturated rings. The van der Waals surface area contributed by atoms with E-state index in [2.05, 4.69) is 11.4 Å². The van der Waals surface area contributed by atoms with E-state index in [0.717, 1.165) is 12.8 Å². The van der Waals surface area contributed by atoms with Crippen molar-refractivity contribution in [3.8, 4) is 6.07 Å². The number of hydrogen-bond donors (Lipinski definition) is 1. The van der Waals surface area contributed by atoms with Gasteiger partial charge >= 0.3 is 5.97 Å². The SMILES string of the molecule is C[C@@](C#N)(NC(=O)COC(=O)c1cc(Cl)cc(Cl)c1)C1CC1. The highest BCUT2D eigenvalue weighted by molar-refractivity contribution is 6.35. The van der Waals surface area contributed by atoms with Gasteiger partial charge in [0, 0.05) is 10.0 Å². The summed E-state index contributed by atoms with van der Waals surface area (Å²) in [7, 11) is 0. The molecule has 1 atom stereocenters. The van der Waals surface area contributed by atoms with E-state index in [1.165, 1.54) is 18.2 Å². The van der Waals surface area contributed by atoms with Crippen LogP contribution in [0.25, 0.3) is 0 Å². The fraction of sp³-hybridized carbons (Fsp3) is 0.400. The van der Waals surface area contributed by atoms with Gasteiger partial charge in [-0.15, -0.1) is 0 Å². The first-order chi connectivity index (χ1) is 10.3. The Balaban J connectivity index is 1.90. The standard InChI is InChI=1S/C15H14Cl2N2O3/c1-15(8-18,10-2-3-10)19-13(20)7-22-14(21)9-4-11(16)6-12(17)5-9/h4-6,10H,2-3,7H2,1H3,(H,19,20)/t15-/m0/s1. The smallest absolute Gasteiger partial charge is 0.338 e. The number of rotatable bonds is 5. The number of halogens is 2. The van der Waals surface area contributed by atoms with Gasteiger partial charge in [0.05, 0.1) is 11.6 Å². The fourth-order valence-corrected chi connectivity index (χ4v) is 2.62. The Morgan fingerprint density at radius 2 is 1.95 bits per heavy atom. The lowest BCUT2D eigenvalue weighted by molar-refractivity contribution is -0.125. The molecule has 1 saturated carbocycles. The van der Waals surface area contributed by atoms with Gasteiger partial charge in [0.25, 0.3) is 5.91 Å². The van der Waals surface area contributed by atoms with Gasteiger partial charge in [0.1, 0.15) is 5.54 Å². The minimum atomic E-state index is -0.914. The van der Waals surface area contributed by atoms with E-state index in [0.29, 0.717) is 10.0 Å². The third-order valence-corrected chi connectivity index (χ3v) is 3.89. The highest BCUT2D eigenvalue weighted by atomic mass is 35.5. The lowest BCUT2D eigenvalue weighted by Gasteiger charge is -2.22. The summed E-state index contributed by atoms with van der Waals surface area (Å²) in [6, 6.07) is 6.39. The second-order valence-corrected chi connectivity index (χ2v) is 6.24. The van der Waals surface area contributed by atoms with E-state index in [-0.39, 0.29) is 11.5 Å². The predicted octanol–water partition coefficient (Wildman–Crippen LogP) is 2.96. The van der Waals surface area contributed by atoms with Crippen LogP contribution in [0.3, 0.4) is 0 Å². The van der Waals surface area contributed by atoms with Crippen molar-refractivity contribution in [2.45, 2.75) is 25.3 Å². The van der Waals surface area contributed by atoms with E-state index in [1.54, 1.807) is 6.92 Å². The van der Waals surface area contributed by atoms with Crippen molar-refractivity contribution in [1.82, 2.24) is 5.32 Å². The van der Waals surface area contributed by atoms with Crippen LogP contribution in [0.2, 0.25) is 10.0 Å². The summed E-state index contributed by atoms with van der Waals surface area (Å²) in [6.45, 7) is 1.20. The van der Waals surface area contributed by atoms with E-state index in [4.69, 9.17) is 33.2 Å². The Morgan fingerprint density at radius 3 is 2.45 bits per heavy atom. The van der Waals surface area contributed by atoms with Gasteiger partial charge in [-0.2, -0.15) is 5.26 Å². The molecule has 0 aliphatic heterocycles. The average molecular weight is 341 g/mol. The zero-order valence-electron chi connectivity index (χ0n) is 11.9. The monoisotopic (exact) mass is 340 g/mol. The second kappa shape index (κ2) is 6.55. The Kier molecular flexibility index (Phi) is 4.94. The van der Waals surface area contributed by atoms with Crippen LogP contribution in [-0.4, -0.2) is 24.0 Å². The molecule has 0 spiro atoms. The number of nitriles is 1. The van der Waals surface area contributed by atoms with Gasteiger partial charge in [0.15, 0.2) is 6.61 Å². The Bertz CT molecular complexity index is 632. The number of nitrogens with one attached hydrogen (secondary N) is 1. The van der Waals surface area contributed by atoms with Crippen molar-refractivity contribution in [2.24, 2.45) is 5.92 Å². The summed E-state index contributed by atoms with van der Waals surface area (Å²) < 4.78 is 4.91. The maximum atomic E-state index is 11.9. The van der Waals surface area contributed by atoms with Crippen molar-refractivity contribution >= 4 is 35.1 Å². The molecule has 116 valence electrons. The van der Waals surface area contributed by atoms with E-state index in [1.807, 2.05) is 0 Å². The summed E-state index contributed by atoms with van der Waals surface area (Å²) in [5, 5.41) is 12.4. The van der Waals surface area contributed by atoms with Crippen molar-refractivity contribution in [3.63, 3.8) is 0 Å². The third kappa shape index (κ3) is 4.12. The molecule has 0 unspecified atom stereocenters. The molecule has 0 saturated heterocycles. The summed E-state index contributed by atoms with van der Waals surface area (Å²) in [5.41, 5.74) is -0.751. The van der Waals surface area contributed by atoms with E-state index < -0.39 is 24.0 Å². The molecular formula is C15H14Cl2N2O3. The lowest BCUT2D eigenvalue weighted by Crippen LogP contribution is -2.48. The van der Waals surface area contributed by atoms with Crippen LogP contribution in [-0.2, 0) is 9.53 Å².